The highest BCUT2D eigenvalue weighted by atomic mass is 35.5. The molecule has 158 valence electrons. The van der Waals surface area contributed by atoms with Gasteiger partial charge < -0.3 is 19.9 Å². The molecule has 0 spiro atoms. The molecule has 2 aliphatic heterocycles. The number of hydrogen-bond acceptors (Lipinski definition) is 4. The molecule has 0 radical (unpaired) electrons. The maximum Gasteiger partial charge on any atom is 0.338 e. The summed E-state index contributed by atoms with van der Waals surface area (Å²) in [6.07, 6.45) is 2.08. The van der Waals surface area contributed by atoms with Crippen LogP contribution >= 0.6 is 11.6 Å². The summed E-state index contributed by atoms with van der Waals surface area (Å²) < 4.78 is 7.58. The van der Waals surface area contributed by atoms with E-state index in [-0.39, 0.29) is 18.7 Å². The van der Waals surface area contributed by atoms with E-state index < -0.39 is 12.0 Å². The number of amides is 2. The molecule has 0 fully saturated rings. The number of halogens is 1. The highest BCUT2D eigenvalue weighted by Crippen LogP contribution is 2.31. The van der Waals surface area contributed by atoms with Crippen LogP contribution in [0.2, 0.25) is 5.02 Å². The van der Waals surface area contributed by atoms with Gasteiger partial charge in [-0.1, -0.05) is 23.7 Å². The van der Waals surface area contributed by atoms with Crippen LogP contribution in [0.1, 0.15) is 37.2 Å². The van der Waals surface area contributed by atoms with Gasteiger partial charge in [0.1, 0.15) is 0 Å². The van der Waals surface area contributed by atoms with Crippen molar-refractivity contribution in [3.05, 3.63) is 70.1 Å². The molecule has 4 rings (SSSR count). The molecule has 0 bridgehead atoms. The number of rotatable bonds is 5. The van der Waals surface area contributed by atoms with E-state index in [1.165, 1.54) is 5.69 Å². The molecule has 2 aliphatic rings. The normalized spacial score (nSPS) is 21.6. The summed E-state index contributed by atoms with van der Waals surface area (Å²) in [5.41, 5.74) is 2.99. The minimum atomic E-state index is -0.603. The van der Waals surface area contributed by atoms with Crippen LogP contribution in [0.3, 0.4) is 0 Å². The predicted octanol–water partition coefficient (Wildman–Crippen LogP) is 3.39. The molecule has 3 heterocycles. The smallest absolute Gasteiger partial charge is 0.338 e. The van der Waals surface area contributed by atoms with Crippen LogP contribution in [0.15, 0.2) is 53.9 Å². The lowest BCUT2D eigenvalue weighted by atomic mass is 9.94. The van der Waals surface area contributed by atoms with Gasteiger partial charge in [-0.25, -0.2) is 9.59 Å². The minimum absolute atomic E-state index is 0.158. The highest BCUT2D eigenvalue weighted by Gasteiger charge is 2.35. The molecule has 8 heteroatoms. The third-order valence-corrected chi connectivity index (χ3v) is 5.93. The molecule has 1 aromatic carbocycles. The summed E-state index contributed by atoms with van der Waals surface area (Å²) in [5, 5.41) is 6.30. The fourth-order valence-electron chi connectivity index (χ4n) is 4.14. The number of esters is 1. The molecule has 2 N–H and O–H groups in total. The number of nitrogens with zero attached hydrogens (tertiary/aromatic N) is 2. The van der Waals surface area contributed by atoms with Crippen molar-refractivity contribution in [1.82, 2.24) is 20.1 Å². The average Bonchev–Trinajstić information content (AvgIpc) is 3.20. The Bertz CT molecular complexity index is 983. The summed E-state index contributed by atoms with van der Waals surface area (Å²) in [6.45, 7) is 6.28. The van der Waals surface area contributed by atoms with Crippen molar-refractivity contribution in [3.8, 4) is 0 Å². The van der Waals surface area contributed by atoms with Crippen molar-refractivity contribution in [1.29, 1.82) is 0 Å². The van der Waals surface area contributed by atoms with Crippen LogP contribution in [-0.4, -0.2) is 41.2 Å². The second-order valence-electron chi connectivity index (χ2n) is 7.47. The molecule has 7 nitrogen and oxygen atoms in total. The first-order chi connectivity index (χ1) is 14.5. The SMILES string of the molecule is CCOC(=O)C1=C(CN2CCn3cccc3[C@@H]2C)NC(=O)N[C@H]1c1ccc(Cl)cc1. The summed E-state index contributed by atoms with van der Waals surface area (Å²) in [7, 11) is 0. The highest BCUT2D eigenvalue weighted by molar-refractivity contribution is 6.30. The molecule has 0 saturated carbocycles. The van der Waals surface area contributed by atoms with Crippen molar-refractivity contribution in [3.63, 3.8) is 0 Å². The minimum Gasteiger partial charge on any atom is -0.463 e. The molecular formula is C22H25ClN4O3. The fourth-order valence-corrected chi connectivity index (χ4v) is 4.27. The first-order valence-electron chi connectivity index (χ1n) is 10.1. The summed E-state index contributed by atoms with van der Waals surface area (Å²) in [5.74, 6) is -0.437. The van der Waals surface area contributed by atoms with Crippen LogP contribution in [0, 0.1) is 0 Å². The van der Waals surface area contributed by atoms with Crippen LogP contribution in [0.4, 0.5) is 4.79 Å². The van der Waals surface area contributed by atoms with Gasteiger partial charge in [0.25, 0.3) is 0 Å². The Kier molecular flexibility index (Phi) is 5.83. The van der Waals surface area contributed by atoms with Gasteiger partial charge in [0.05, 0.1) is 18.2 Å². The number of benzene rings is 1. The van der Waals surface area contributed by atoms with E-state index in [1.54, 1.807) is 19.1 Å². The Labute approximate surface area is 180 Å². The van der Waals surface area contributed by atoms with Gasteiger partial charge in [0.15, 0.2) is 0 Å². The van der Waals surface area contributed by atoms with Crippen LogP contribution in [0.5, 0.6) is 0 Å². The van der Waals surface area contributed by atoms with Gasteiger partial charge in [-0.3, -0.25) is 4.90 Å². The van der Waals surface area contributed by atoms with Crippen LogP contribution in [0.25, 0.3) is 0 Å². The van der Waals surface area contributed by atoms with E-state index in [4.69, 9.17) is 16.3 Å². The molecule has 2 amide bonds. The zero-order valence-corrected chi connectivity index (χ0v) is 17.8. The van der Waals surface area contributed by atoms with Gasteiger partial charge in [-0.15, -0.1) is 0 Å². The third kappa shape index (κ3) is 3.95. The number of aromatic nitrogens is 1. The third-order valence-electron chi connectivity index (χ3n) is 5.68. The number of fused-ring (bicyclic) bond motifs is 1. The second kappa shape index (κ2) is 8.53. The number of ether oxygens (including phenoxy) is 1. The lowest BCUT2D eigenvalue weighted by molar-refractivity contribution is -0.139. The molecule has 0 saturated heterocycles. The van der Waals surface area contributed by atoms with E-state index in [2.05, 4.69) is 39.3 Å². The number of carbonyl (C=O) groups excluding carboxylic acids is 2. The van der Waals surface area contributed by atoms with Crippen molar-refractivity contribution < 1.29 is 14.3 Å². The first kappa shape index (κ1) is 20.5. The molecule has 0 aliphatic carbocycles. The summed E-state index contributed by atoms with van der Waals surface area (Å²) in [6, 6.07) is 10.5. The van der Waals surface area contributed by atoms with E-state index in [0.717, 1.165) is 18.7 Å². The molecule has 1 aromatic heterocycles. The van der Waals surface area contributed by atoms with E-state index >= 15 is 0 Å². The van der Waals surface area contributed by atoms with Gasteiger partial charge in [-0.05, 0) is 43.7 Å². The summed E-state index contributed by atoms with van der Waals surface area (Å²) in [4.78, 5) is 27.7. The number of carbonyl (C=O) groups is 2. The van der Waals surface area contributed by atoms with Crippen molar-refractivity contribution in [2.75, 3.05) is 19.7 Å². The van der Waals surface area contributed by atoms with Gasteiger partial charge in [0, 0.05) is 48.3 Å². The first-order valence-corrected chi connectivity index (χ1v) is 10.5. The van der Waals surface area contributed by atoms with Gasteiger partial charge in [0.2, 0.25) is 0 Å². The zero-order chi connectivity index (χ0) is 21.3. The van der Waals surface area contributed by atoms with Gasteiger partial charge in [-0.2, -0.15) is 0 Å². The standard InChI is InChI=1S/C22H25ClN4O3/c1-3-30-21(28)19-17(13-27-12-11-26-10-4-5-18(26)14(27)2)24-22(29)25-20(19)15-6-8-16(23)9-7-15/h4-10,14,20H,3,11-13H2,1-2H3,(H2,24,25,29)/t14-,20-/m0/s1. The molecule has 2 atom stereocenters. The monoisotopic (exact) mass is 428 g/mol. The Morgan fingerprint density at radius 3 is 2.73 bits per heavy atom. The topological polar surface area (TPSA) is 75.6 Å². The maximum atomic E-state index is 12.9. The molecule has 30 heavy (non-hydrogen) atoms. The maximum absolute atomic E-state index is 12.9. The second-order valence-corrected chi connectivity index (χ2v) is 7.91. The Morgan fingerprint density at radius 2 is 2.00 bits per heavy atom. The molecular weight excluding hydrogens is 404 g/mol. The fraction of sp³-hybridized carbons (Fsp3) is 0.364. The summed E-state index contributed by atoms with van der Waals surface area (Å²) >= 11 is 6.02. The van der Waals surface area contributed by atoms with Crippen LogP contribution < -0.4 is 10.6 Å². The number of hydrogen-bond donors (Lipinski definition) is 2. The van der Waals surface area contributed by atoms with Crippen molar-refractivity contribution >= 4 is 23.6 Å². The average molecular weight is 429 g/mol. The van der Waals surface area contributed by atoms with Crippen LogP contribution in [-0.2, 0) is 16.1 Å². The van der Waals surface area contributed by atoms with Crippen molar-refractivity contribution in [2.45, 2.75) is 32.5 Å². The largest absolute Gasteiger partial charge is 0.463 e. The lowest BCUT2D eigenvalue weighted by Gasteiger charge is -2.37. The Morgan fingerprint density at radius 1 is 1.23 bits per heavy atom. The van der Waals surface area contributed by atoms with E-state index in [1.807, 2.05) is 18.2 Å². The van der Waals surface area contributed by atoms with Gasteiger partial charge >= 0.3 is 12.0 Å². The predicted molar refractivity (Wildman–Crippen MR) is 114 cm³/mol. The van der Waals surface area contributed by atoms with Crippen molar-refractivity contribution in [2.24, 2.45) is 0 Å². The number of nitrogens with one attached hydrogen (secondary N) is 2. The lowest BCUT2D eigenvalue weighted by Crippen LogP contribution is -2.49. The van der Waals surface area contributed by atoms with E-state index in [0.29, 0.717) is 22.8 Å². The quantitative estimate of drug-likeness (QED) is 0.716. The Hall–Kier alpha value is -2.77. The molecule has 2 aromatic rings. The molecule has 0 unspecified atom stereocenters. The Balaban J connectivity index is 1.70. The van der Waals surface area contributed by atoms with E-state index in [9.17, 15) is 9.59 Å². The zero-order valence-electron chi connectivity index (χ0n) is 17.0. The number of urea groups is 1.